The predicted molar refractivity (Wildman–Crippen MR) is 108 cm³/mol. The quantitative estimate of drug-likeness (QED) is 0.677. The van der Waals surface area contributed by atoms with Crippen molar-refractivity contribution in [3.63, 3.8) is 0 Å². The summed E-state index contributed by atoms with van der Waals surface area (Å²) < 4.78 is 5.31. The molecule has 2 amide bonds. The van der Waals surface area contributed by atoms with Crippen LogP contribution in [0.4, 0.5) is 5.69 Å². The van der Waals surface area contributed by atoms with Gasteiger partial charge < -0.3 is 15.8 Å². The van der Waals surface area contributed by atoms with Gasteiger partial charge in [0.15, 0.2) is 6.61 Å². The normalized spacial score (nSPS) is 9.71. The molecule has 28 heavy (non-hydrogen) atoms. The van der Waals surface area contributed by atoms with Gasteiger partial charge in [0.05, 0.1) is 5.56 Å². The molecule has 0 atom stereocenters. The highest BCUT2D eigenvalue weighted by Gasteiger charge is 2.13. The third kappa shape index (κ3) is 5.23. The number of primary amides is 1. The van der Waals surface area contributed by atoms with Crippen LogP contribution in [0.1, 0.15) is 21.5 Å². The van der Waals surface area contributed by atoms with Gasteiger partial charge in [-0.25, -0.2) is 0 Å². The van der Waals surface area contributed by atoms with E-state index in [0.717, 1.165) is 11.1 Å². The van der Waals surface area contributed by atoms with Crippen molar-refractivity contribution in [3.05, 3.63) is 95.6 Å². The molecule has 3 rings (SSSR count). The summed E-state index contributed by atoms with van der Waals surface area (Å²) in [5, 5.41) is 2.82. The maximum Gasteiger partial charge on any atom is 0.259 e. The van der Waals surface area contributed by atoms with Crippen LogP contribution in [-0.4, -0.2) is 18.4 Å². The number of nitrogens with two attached hydrogens (primary N) is 1. The smallest absolute Gasteiger partial charge is 0.259 e. The number of ether oxygens (including phenoxy) is 1. The Morgan fingerprint density at radius 3 is 2.32 bits per heavy atom. The Kier molecular flexibility index (Phi) is 6.06. The lowest BCUT2D eigenvalue weighted by molar-refractivity contribution is -0.119. The number of hydrogen-bond acceptors (Lipinski definition) is 3. The van der Waals surface area contributed by atoms with E-state index in [1.165, 1.54) is 0 Å². The van der Waals surface area contributed by atoms with Crippen molar-refractivity contribution in [2.75, 3.05) is 11.9 Å². The van der Waals surface area contributed by atoms with E-state index in [1.807, 2.05) is 42.5 Å². The second-order valence-corrected chi connectivity index (χ2v) is 5.90. The van der Waals surface area contributed by atoms with Crippen molar-refractivity contribution in [1.29, 1.82) is 0 Å². The van der Waals surface area contributed by atoms with Crippen molar-refractivity contribution in [2.45, 2.75) is 0 Å². The zero-order chi connectivity index (χ0) is 19.8. The molecule has 5 nitrogen and oxygen atoms in total. The summed E-state index contributed by atoms with van der Waals surface area (Å²) in [6, 6.07) is 23.6. The van der Waals surface area contributed by atoms with Gasteiger partial charge in [-0.1, -0.05) is 48.2 Å². The highest BCUT2D eigenvalue weighted by molar-refractivity contribution is 6.06. The number of amides is 2. The lowest BCUT2D eigenvalue weighted by atomic mass is 10.1. The Labute approximate surface area is 163 Å². The van der Waals surface area contributed by atoms with Crippen molar-refractivity contribution in [2.24, 2.45) is 5.73 Å². The largest absolute Gasteiger partial charge is 0.483 e. The van der Waals surface area contributed by atoms with Crippen LogP contribution in [0.2, 0.25) is 0 Å². The minimum Gasteiger partial charge on any atom is -0.483 e. The lowest BCUT2D eigenvalue weighted by Gasteiger charge is -2.11. The van der Waals surface area contributed by atoms with E-state index in [-0.39, 0.29) is 12.5 Å². The monoisotopic (exact) mass is 370 g/mol. The number of benzene rings is 3. The first-order chi connectivity index (χ1) is 13.6. The van der Waals surface area contributed by atoms with Crippen molar-refractivity contribution in [3.8, 4) is 17.6 Å². The summed E-state index contributed by atoms with van der Waals surface area (Å²) in [7, 11) is 0. The molecule has 0 fully saturated rings. The molecule has 0 radical (unpaired) electrons. The summed E-state index contributed by atoms with van der Waals surface area (Å²) in [5.74, 6) is 5.49. The van der Waals surface area contributed by atoms with E-state index >= 15 is 0 Å². The maximum absolute atomic E-state index is 12.6. The fraction of sp³-hybridized carbons (Fsp3) is 0.0435. The topological polar surface area (TPSA) is 81.4 Å². The summed E-state index contributed by atoms with van der Waals surface area (Å²) in [6.45, 7) is -0.297. The van der Waals surface area contributed by atoms with Crippen LogP contribution in [-0.2, 0) is 4.79 Å². The predicted octanol–water partition coefficient (Wildman–Crippen LogP) is 3.20. The number of hydrogen-bond donors (Lipinski definition) is 2. The summed E-state index contributed by atoms with van der Waals surface area (Å²) >= 11 is 0. The van der Waals surface area contributed by atoms with E-state index in [4.69, 9.17) is 10.5 Å². The summed E-state index contributed by atoms with van der Waals surface area (Å²) in [5.41, 5.74) is 7.71. The van der Waals surface area contributed by atoms with Crippen LogP contribution < -0.4 is 15.8 Å². The Balaban J connectivity index is 1.75. The Morgan fingerprint density at radius 1 is 0.857 bits per heavy atom. The van der Waals surface area contributed by atoms with E-state index in [9.17, 15) is 9.59 Å². The van der Waals surface area contributed by atoms with Crippen LogP contribution >= 0.6 is 0 Å². The standard InChI is InChI=1S/C23H18N2O3/c24-22(26)16-28-21-12-5-4-11-20(21)23(27)25-19-10-6-9-18(15-19)14-13-17-7-2-1-3-8-17/h1-12,15H,16H2,(H2,24,26)(H,25,27). The van der Waals surface area contributed by atoms with E-state index in [1.54, 1.807) is 36.4 Å². The molecular formula is C23H18N2O3. The van der Waals surface area contributed by atoms with Gasteiger partial charge in [-0.3, -0.25) is 9.59 Å². The van der Waals surface area contributed by atoms with Crippen LogP contribution in [0.3, 0.4) is 0 Å². The average molecular weight is 370 g/mol. The van der Waals surface area contributed by atoms with Crippen molar-refractivity contribution >= 4 is 17.5 Å². The van der Waals surface area contributed by atoms with Crippen molar-refractivity contribution in [1.82, 2.24) is 0 Å². The van der Waals surface area contributed by atoms with Gasteiger partial charge in [-0.05, 0) is 42.5 Å². The molecule has 0 bridgehead atoms. The molecule has 0 aliphatic rings. The Bertz CT molecular complexity index is 1050. The minimum atomic E-state index is -0.611. The molecule has 3 N–H and O–H groups in total. The zero-order valence-electron chi connectivity index (χ0n) is 15.0. The van der Waals surface area contributed by atoms with Crippen LogP contribution in [0.15, 0.2) is 78.9 Å². The number of carbonyl (C=O) groups excluding carboxylic acids is 2. The fourth-order valence-electron chi connectivity index (χ4n) is 2.47. The van der Waals surface area contributed by atoms with E-state index in [0.29, 0.717) is 17.0 Å². The van der Waals surface area contributed by atoms with E-state index in [2.05, 4.69) is 17.2 Å². The number of para-hydroxylation sites is 1. The first kappa shape index (κ1) is 18.7. The third-order valence-electron chi connectivity index (χ3n) is 3.75. The highest BCUT2D eigenvalue weighted by atomic mass is 16.5. The van der Waals surface area contributed by atoms with Gasteiger partial charge in [0, 0.05) is 16.8 Å². The summed E-state index contributed by atoms with van der Waals surface area (Å²) in [4.78, 5) is 23.6. The first-order valence-corrected chi connectivity index (χ1v) is 8.60. The number of carbonyl (C=O) groups is 2. The molecule has 5 heteroatoms. The molecule has 0 saturated carbocycles. The van der Waals surface area contributed by atoms with Gasteiger partial charge >= 0.3 is 0 Å². The second-order valence-electron chi connectivity index (χ2n) is 5.90. The van der Waals surface area contributed by atoms with Crippen LogP contribution in [0.5, 0.6) is 5.75 Å². The zero-order valence-corrected chi connectivity index (χ0v) is 15.0. The third-order valence-corrected chi connectivity index (χ3v) is 3.75. The Morgan fingerprint density at radius 2 is 1.54 bits per heavy atom. The van der Waals surface area contributed by atoms with E-state index < -0.39 is 5.91 Å². The molecular weight excluding hydrogens is 352 g/mol. The van der Waals surface area contributed by atoms with Crippen LogP contribution in [0, 0.1) is 11.8 Å². The van der Waals surface area contributed by atoms with Gasteiger partial charge in [0.1, 0.15) is 5.75 Å². The van der Waals surface area contributed by atoms with Gasteiger partial charge in [-0.15, -0.1) is 0 Å². The molecule has 3 aromatic carbocycles. The molecule has 0 aliphatic heterocycles. The van der Waals surface area contributed by atoms with Gasteiger partial charge in [0.25, 0.3) is 11.8 Å². The first-order valence-electron chi connectivity index (χ1n) is 8.60. The molecule has 0 spiro atoms. The number of nitrogens with one attached hydrogen (secondary N) is 1. The molecule has 0 saturated heterocycles. The molecule has 0 unspecified atom stereocenters. The lowest BCUT2D eigenvalue weighted by Crippen LogP contribution is -2.21. The molecule has 0 heterocycles. The fourth-order valence-corrected chi connectivity index (χ4v) is 2.47. The number of anilines is 1. The van der Waals surface area contributed by atoms with Crippen LogP contribution in [0.25, 0.3) is 0 Å². The van der Waals surface area contributed by atoms with Gasteiger partial charge in [-0.2, -0.15) is 0 Å². The molecule has 0 aliphatic carbocycles. The minimum absolute atomic E-state index is 0.291. The molecule has 0 aromatic heterocycles. The maximum atomic E-state index is 12.6. The SMILES string of the molecule is NC(=O)COc1ccccc1C(=O)Nc1cccc(C#Cc2ccccc2)c1. The second kappa shape index (κ2) is 9.06. The summed E-state index contributed by atoms with van der Waals surface area (Å²) in [6.07, 6.45) is 0. The highest BCUT2D eigenvalue weighted by Crippen LogP contribution is 2.20. The van der Waals surface area contributed by atoms with Crippen molar-refractivity contribution < 1.29 is 14.3 Å². The molecule has 3 aromatic rings. The molecule has 138 valence electrons. The average Bonchev–Trinajstić information content (AvgIpc) is 2.72. The van der Waals surface area contributed by atoms with Gasteiger partial charge in [0.2, 0.25) is 0 Å². The number of rotatable bonds is 5. The Hall–Kier alpha value is -4.04.